The first-order valence-electron chi connectivity index (χ1n) is 4.58. The summed E-state index contributed by atoms with van der Waals surface area (Å²) in [4.78, 5) is 3.93. The summed E-state index contributed by atoms with van der Waals surface area (Å²) < 4.78 is 7.33. The molecule has 0 saturated heterocycles. The minimum Gasteiger partial charge on any atom is -0.379 e. The molecule has 4 heteroatoms. The van der Waals surface area contributed by atoms with Crippen LogP contribution in [0.3, 0.4) is 0 Å². The van der Waals surface area contributed by atoms with Crippen LogP contribution in [0.5, 0.6) is 0 Å². The van der Waals surface area contributed by atoms with Crippen molar-refractivity contribution in [1.82, 2.24) is 9.55 Å². The smallest absolute Gasteiger partial charge is 0.200 e. The van der Waals surface area contributed by atoms with Crippen molar-refractivity contribution in [3.63, 3.8) is 0 Å². The highest BCUT2D eigenvalue weighted by Crippen LogP contribution is 2.00. The van der Waals surface area contributed by atoms with Gasteiger partial charge in [-0.15, -0.1) is 0 Å². The van der Waals surface area contributed by atoms with Crippen LogP contribution in [0.4, 0.5) is 5.95 Å². The molecular formula is C9H17N3O. The standard InChI is InChI=1S/C9H17N3O/c1-8(2)13-7-3-5-12-6-4-11-9(12)10/h4,6,8H,3,5,7H2,1-2H3,(H2,10,11). The monoisotopic (exact) mass is 183 g/mol. The highest BCUT2D eigenvalue weighted by Gasteiger charge is 1.97. The normalized spacial score (nSPS) is 11.0. The molecule has 0 spiro atoms. The Labute approximate surface area is 78.7 Å². The van der Waals surface area contributed by atoms with Gasteiger partial charge in [-0.05, 0) is 20.3 Å². The van der Waals surface area contributed by atoms with Gasteiger partial charge in [-0.25, -0.2) is 4.98 Å². The summed E-state index contributed by atoms with van der Waals surface area (Å²) in [6, 6.07) is 0. The van der Waals surface area contributed by atoms with Crippen LogP contribution in [0.1, 0.15) is 20.3 Å². The fraction of sp³-hybridized carbons (Fsp3) is 0.667. The van der Waals surface area contributed by atoms with Gasteiger partial charge in [0.2, 0.25) is 0 Å². The van der Waals surface area contributed by atoms with Crippen LogP contribution in [-0.2, 0) is 11.3 Å². The van der Waals surface area contributed by atoms with E-state index in [0.29, 0.717) is 12.1 Å². The van der Waals surface area contributed by atoms with Gasteiger partial charge in [0, 0.05) is 25.5 Å². The first kappa shape index (κ1) is 10.1. The molecule has 1 rings (SSSR count). The molecule has 0 aliphatic heterocycles. The van der Waals surface area contributed by atoms with Crippen LogP contribution < -0.4 is 5.73 Å². The average molecular weight is 183 g/mol. The van der Waals surface area contributed by atoms with Crippen molar-refractivity contribution in [3.8, 4) is 0 Å². The highest BCUT2D eigenvalue weighted by molar-refractivity contribution is 5.16. The Bertz CT molecular complexity index is 245. The van der Waals surface area contributed by atoms with Gasteiger partial charge in [-0.2, -0.15) is 0 Å². The second-order valence-corrected chi connectivity index (χ2v) is 3.25. The van der Waals surface area contributed by atoms with Crippen LogP contribution in [0.2, 0.25) is 0 Å². The number of hydrogen-bond acceptors (Lipinski definition) is 3. The minimum absolute atomic E-state index is 0.306. The number of anilines is 1. The van der Waals surface area contributed by atoms with Crippen LogP contribution in [0, 0.1) is 0 Å². The number of aromatic nitrogens is 2. The quantitative estimate of drug-likeness (QED) is 0.700. The van der Waals surface area contributed by atoms with Crippen LogP contribution in [-0.4, -0.2) is 22.3 Å². The summed E-state index contributed by atoms with van der Waals surface area (Å²) in [6.07, 6.45) is 4.86. The summed E-state index contributed by atoms with van der Waals surface area (Å²) in [5, 5.41) is 0. The largest absolute Gasteiger partial charge is 0.379 e. The van der Waals surface area contributed by atoms with Gasteiger partial charge in [0.05, 0.1) is 6.10 Å². The van der Waals surface area contributed by atoms with Crippen LogP contribution in [0.25, 0.3) is 0 Å². The van der Waals surface area contributed by atoms with Crippen molar-refractivity contribution in [3.05, 3.63) is 12.4 Å². The summed E-state index contributed by atoms with van der Waals surface area (Å²) >= 11 is 0. The number of ether oxygens (including phenoxy) is 1. The first-order chi connectivity index (χ1) is 6.20. The summed E-state index contributed by atoms with van der Waals surface area (Å²) in [5.74, 6) is 0.574. The number of aryl methyl sites for hydroxylation is 1. The predicted octanol–water partition coefficient (Wildman–Crippen LogP) is 1.28. The first-order valence-corrected chi connectivity index (χ1v) is 4.58. The van der Waals surface area contributed by atoms with E-state index in [1.165, 1.54) is 0 Å². The van der Waals surface area contributed by atoms with E-state index in [1.54, 1.807) is 6.20 Å². The van der Waals surface area contributed by atoms with E-state index in [4.69, 9.17) is 10.5 Å². The Hall–Kier alpha value is -1.03. The number of nitrogens with two attached hydrogens (primary N) is 1. The van der Waals surface area contributed by atoms with Crippen molar-refractivity contribution in [2.24, 2.45) is 0 Å². The van der Waals surface area contributed by atoms with Crippen molar-refractivity contribution in [2.75, 3.05) is 12.3 Å². The maximum atomic E-state index is 5.59. The molecule has 1 aromatic heterocycles. The van der Waals surface area contributed by atoms with E-state index < -0.39 is 0 Å². The van der Waals surface area contributed by atoms with Crippen molar-refractivity contribution >= 4 is 5.95 Å². The molecule has 0 radical (unpaired) electrons. The Morgan fingerprint density at radius 2 is 2.38 bits per heavy atom. The maximum Gasteiger partial charge on any atom is 0.200 e. The minimum atomic E-state index is 0.306. The molecule has 0 aliphatic rings. The molecular weight excluding hydrogens is 166 g/mol. The second kappa shape index (κ2) is 4.87. The van der Waals surface area contributed by atoms with Gasteiger partial charge < -0.3 is 15.0 Å². The topological polar surface area (TPSA) is 53.1 Å². The number of rotatable bonds is 5. The molecule has 0 atom stereocenters. The lowest BCUT2D eigenvalue weighted by atomic mass is 10.4. The Kier molecular flexibility index (Phi) is 3.76. The number of imidazole rings is 1. The Balaban J connectivity index is 2.17. The zero-order valence-electron chi connectivity index (χ0n) is 8.23. The van der Waals surface area contributed by atoms with Gasteiger partial charge in [0.1, 0.15) is 0 Å². The molecule has 0 bridgehead atoms. The average Bonchev–Trinajstić information content (AvgIpc) is 2.45. The summed E-state index contributed by atoms with van der Waals surface area (Å²) in [7, 11) is 0. The van der Waals surface area contributed by atoms with Crippen molar-refractivity contribution < 1.29 is 4.74 Å². The number of hydrogen-bond donors (Lipinski definition) is 1. The number of nitrogen functional groups attached to an aromatic ring is 1. The molecule has 74 valence electrons. The van der Waals surface area contributed by atoms with E-state index in [0.717, 1.165) is 19.6 Å². The predicted molar refractivity (Wildman–Crippen MR) is 52.3 cm³/mol. The van der Waals surface area contributed by atoms with E-state index >= 15 is 0 Å². The van der Waals surface area contributed by atoms with Gasteiger partial charge in [0.15, 0.2) is 5.95 Å². The van der Waals surface area contributed by atoms with Crippen LogP contribution >= 0.6 is 0 Å². The lowest BCUT2D eigenvalue weighted by Gasteiger charge is -2.07. The van der Waals surface area contributed by atoms with Gasteiger partial charge in [-0.1, -0.05) is 0 Å². The zero-order chi connectivity index (χ0) is 9.68. The van der Waals surface area contributed by atoms with E-state index in [2.05, 4.69) is 4.98 Å². The van der Waals surface area contributed by atoms with E-state index in [-0.39, 0.29) is 0 Å². The fourth-order valence-electron chi connectivity index (χ4n) is 1.08. The Morgan fingerprint density at radius 1 is 1.62 bits per heavy atom. The number of nitrogens with zero attached hydrogens (tertiary/aromatic N) is 2. The van der Waals surface area contributed by atoms with Crippen molar-refractivity contribution in [2.45, 2.75) is 32.9 Å². The molecule has 0 unspecified atom stereocenters. The third kappa shape index (κ3) is 3.46. The molecule has 13 heavy (non-hydrogen) atoms. The van der Waals surface area contributed by atoms with E-state index in [1.807, 2.05) is 24.6 Å². The molecule has 2 N–H and O–H groups in total. The molecule has 1 aromatic rings. The summed E-state index contributed by atoms with van der Waals surface area (Å²) in [6.45, 7) is 5.71. The maximum absolute atomic E-state index is 5.59. The summed E-state index contributed by atoms with van der Waals surface area (Å²) in [5.41, 5.74) is 5.59. The second-order valence-electron chi connectivity index (χ2n) is 3.25. The fourth-order valence-corrected chi connectivity index (χ4v) is 1.08. The molecule has 1 heterocycles. The lowest BCUT2D eigenvalue weighted by Crippen LogP contribution is -2.08. The molecule has 4 nitrogen and oxygen atoms in total. The third-order valence-electron chi connectivity index (χ3n) is 1.74. The molecule has 0 fully saturated rings. The van der Waals surface area contributed by atoms with Crippen molar-refractivity contribution in [1.29, 1.82) is 0 Å². The molecule has 0 amide bonds. The zero-order valence-corrected chi connectivity index (χ0v) is 8.23. The molecule has 0 aliphatic carbocycles. The van der Waals surface area contributed by atoms with E-state index in [9.17, 15) is 0 Å². The van der Waals surface area contributed by atoms with Crippen LogP contribution in [0.15, 0.2) is 12.4 Å². The Morgan fingerprint density at radius 3 is 2.92 bits per heavy atom. The van der Waals surface area contributed by atoms with Gasteiger partial charge in [0.25, 0.3) is 0 Å². The third-order valence-corrected chi connectivity index (χ3v) is 1.74. The van der Waals surface area contributed by atoms with Gasteiger partial charge >= 0.3 is 0 Å². The van der Waals surface area contributed by atoms with Gasteiger partial charge in [-0.3, -0.25) is 0 Å². The highest BCUT2D eigenvalue weighted by atomic mass is 16.5. The molecule has 0 aromatic carbocycles. The molecule has 0 saturated carbocycles. The SMILES string of the molecule is CC(C)OCCCn1ccnc1N. The lowest BCUT2D eigenvalue weighted by molar-refractivity contribution is 0.0749.